The van der Waals surface area contributed by atoms with E-state index in [2.05, 4.69) is 10.3 Å². The standard InChI is InChI=1S/C25H30FN5O2/c1-3-17(13-27)18-9-16(10-20(26)11-18)14-29-23(32)22-12-21(8-15(2)30-22)31-7-6-25(28,24(31)33)19-4-5-19/h8-13,19H,3-7,14,27-28H2,1-2H3,(H,29,32)/b17-13+/t25-/m1/s1. The van der Waals surface area contributed by atoms with E-state index < -0.39 is 17.3 Å². The van der Waals surface area contributed by atoms with E-state index in [4.69, 9.17) is 11.5 Å². The molecule has 4 rings (SSSR count). The second-order valence-electron chi connectivity index (χ2n) is 8.95. The lowest BCUT2D eigenvalue weighted by atomic mass is 9.93. The predicted molar refractivity (Wildman–Crippen MR) is 126 cm³/mol. The van der Waals surface area contributed by atoms with Crippen LogP contribution in [0.5, 0.6) is 0 Å². The number of benzene rings is 1. The first-order chi connectivity index (χ1) is 15.7. The number of nitrogens with zero attached hydrogens (tertiary/aromatic N) is 2. The van der Waals surface area contributed by atoms with E-state index in [1.54, 1.807) is 24.0 Å². The van der Waals surface area contributed by atoms with Gasteiger partial charge in [0, 0.05) is 24.5 Å². The third-order valence-corrected chi connectivity index (χ3v) is 6.54. The zero-order valence-corrected chi connectivity index (χ0v) is 19.0. The Morgan fingerprint density at radius 2 is 2.06 bits per heavy atom. The van der Waals surface area contributed by atoms with E-state index in [0.717, 1.165) is 18.4 Å². The molecule has 2 aliphatic rings. The van der Waals surface area contributed by atoms with Gasteiger partial charge in [0.1, 0.15) is 17.1 Å². The van der Waals surface area contributed by atoms with E-state index in [9.17, 15) is 14.0 Å². The molecule has 1 saturated carbocycles. The molecule has 8 heteroatoms. The molecule has 174 valence electrons. The second kappa shape index (κ2) is 8.94. The van der Waals surface area contributed by atoms with Crippen molar-refractivity contribution in [3.63, 3.8) is 0 Å². The van der Waals surface area contributed by atoms with Crippen LogP contribution >= 0.6 is 0 Å². The fraction of sp³-hybridized carbons (Fsp3) is 0.400. The number of nitrogens with one attached hydrogen (secondary N) is 1. The van der Waals surface area contributed by atoms with Crippen LogP contribution in [0.4, 0.5) is 10.1 Å². The summed E-state index contributed by atoms with van der Waals surface area (Å²) in [6.07, 6.45) is 4.72. The first-order valence-corrected chi connectivity index (χ1v) is 11.3. The molecular weight excluding hydrogens is 421 g/mol. The SMILES string of the molecule is CC/C(=C\N)c1cc(F)cc(CNC(=O)c2cc(N3CC[C@@](N)(C4CC4)C3=O)cc(C)n2)c1. The van der Waals surface area contributed by atoms with Gasteiger partial charge in [-0.1, -0.05) is 6.92 Å². The first kappa shape index (κ1) is 22.9. The molecule has 0 unspecified atom stereocenters. The molecule has 2 aromatic rings. The summed E-state index contributed by atoms with van der Waals surface area (Å²) in [7, 11) is 0. The summed E-state index contributed by atoms with van der Waals surface area (Å²) in [6.45, 7) is 4.38. The Kier molecular flexibility index (Phi) is 6.21. The fourth-order valence-corrected chi connectivity index (χ4v) is 4.53. The van der Waals surface area contributed by atoms with Crippen molar-refractivity contribution in [3.8, 4) is 0 Å². The van der Waals surface area contributed by atoms with Crippen LogP contribution in [0.25, 0.3) is 5.57 Å². The molecule has 2 fully saturated rings. The third-order valence-electron chi connectivity index (χ3n) is 6.54. The average Bonchev–Trinajstić information content (AvgIpc) is 3.59. The Morgan fingerprint density at radius 1 is 1.30 bits per heavy atom. The Morgan fingerprint density at radius 3 is 2.73 bits per heavy atom. The van der Waals surface area contributed by atoms with Gasteiger partial charge in [0.15, 0.2) is 0 Å². The number of carbonyl (C=O) groups is 2. The van der Waals surface area contributed by atoms with Crippen molar-refractivity contribution >= 4 is 23.1 Å². The highest BCUT2D eigenvalue weighted by Gasteiger charge is 2.53. The molecule has 0 bridgehead atoms. The van der Waals surface area contributed by atoms with Gasteiger partial charge in [-0.15, -0.1) is 0 Å². The number of aryl methyl sites for hydroxylation is 1. The van der Waals surface area contributed by atoms with Gasteiger partial charge in [0.2, 0.25) is 5.91 Å². The minimum absolute atomic E-state index is 0.0889. The Hall–Kier alpha value is -3.26. The molecule has 1 aliphatic carbocycles. The maximum Gasteiger partial charge on any atom is 0.270 e. The minimum atomic E-state index is -0.802. The summed E-state index contributed by atoms with van der Waals surface area (Å²) >= 11 is 0. The number of anilines is 1. The summed E-state index contributed by atoms with van der Waals surface area (Å²) in [4.78, 5) is 31.9. The van der Waals surface area contributed by atoms with Crippen LogP contribution in [0.15, 0.2) is 36.5 Å². The van der Waals surface area contributed by atoms with Crippen molar-refractivity contribution in [2.75, 3.05) is 11.4 Å². The molecule has 1 atom stereocenters. The molecule has 1 aromatic heterocycles. The van der Waals surface area contributed by atoms with Gasteiger partial charge < -0.3 is 21.7 Å². The number of pyridine rings is 1. The number of allylic oxidation sites excluding steroid dienone is 1. The van der Waals surface area contributed by atoms with Gasteiger partial charge in [-0.2, -0.15) is 0 Å². The zero-order chi connectivity index (χ0) is 23.8. The molecule has 2 heterocycles. The van der Waals surface area contributed by atoms with Crippen molar-refractivity contribution in [2.24, 2.45) is 17.4 Å². The number of hydrogen-bond donors (Lipinski definition) is 3. The van der Waals surface area contributed by atoms with Crippen LogP contribution in [0.2, 0.25) is 0 Å². The molecule has 1 aliphatic heterocycles. The van der Waals surface area contributed by atoms with Crippen LogP contribution in [0.1, 0.15) is 59.9 Å². The highest BCUT2D eigenvalue weighted by atomic mass is 19.1. The number of rotatable bonds is 7. The fourth-order valence-electron chi connectivity index (χ4n) is 4.53. The molecule has 0 radical (unpaired) electrons. The maximum atomic E-state index is 14.1. The third kappa shape index (κ3) is 4.61. The van der Waals surface area contributed by atoms with Crippen LogP contribution in [0.3, 0.4) is 0 Å². The Balaban J connectivity index is 1.50. The van der Waals surface area contributed by atoms with Gasteiger partial charge in [0.05, 0.1) is 0 Å². The molecule has 33 heavy (non-hydrogen) atoms. The predicted octanol–water partition coefficient (Wildman–Crippen LogP) is 3.01. The average molecular weight is 452 g/mol. The van der Waals surface area contributed by atoms with Crippen molar-refractivity contribution in [3.05, 3.63) is 64.9 Å². The lowest BCUT2D eigenvalue weighted by molar-refractivity contribution is -0.122. The lowest BCUT2D eigenvalue weighted by Gasteiger charge is -2.23. The van der Waals surface area contributed by atoms with Crippen molar-refractivity contribution < 1.29 is 14.0 Å². The van der Waals surface area contributed by atoms with Crippen molar-refractivity contribution in [1.82, 2.24) is 10.3 Å². The summed E-state index contributed by atoms with van der Waals surface area (Å²) < 4.78 is 14.1. The normalized spacial score (nSPS) is 20.9. The van der Waals surface area contributed by atoms with Gasteiger partial charge in [-0.25, -0.2) is 9.37 Å². The number of halogens is 1. The van der Waals surface area contributed by atoms with E-state index in [0.29, 0.717) is 41.9 Å². The largest absolute Gasteiger partial charge is 0.404 e. The van der Waals surface area contributed by atoms with E-state index in [1.807, 2.05) is 13.0 Å². The zero-order valence-electron chi connectivity index (χ0n) is 19.0. The van der Waals surface area contributed by atoms with Crippen LogP contribution < -0.4 is 21.7 Å². The lowest BCUT2D eigenvalue weighted by Crippen LogP contribution is -2.50. The number of carbonyl (C=O) groups excluding carboxylic acids is 2. The van der Waals surface area contributed by atoms with Gasteiger partial charge in [-0.05, 0) is 91.8 Å². The molecule has 5 N–H and O–H groups in total. The summed E-state index contributed by atoms with van der Waals surface area (Å²) in [6, 6.07) is 8.01. The van der Waals surface area contributed by atoms with E-state index in [1.165, 1.54) is 18.3 Å². The van der Waals surface area contributed by atoms with Crippen LogP contribution in [0, 0.1) is 18.7 Å². The number of aromatic nitrogens is 1. The first-order valence-electron chi connectivity index (χ1n) is 11.3. The number of hydrogen-bond acceptors (Lipinski definition) is 5. The monoisotopic (exact) mass is 451 g/mol. The van der Waals surface area contributed by atoms with E-state index >= 15 is 0 Å². The summed E-state index contributed by atoms with van der Waals surface area (Å²) in [5.74, 6) is -0.633. The molecule has 1 aromatic carbocycles. The van der Waals surface area contributed by atoms with Gasteiger partial charge >= 0.3 is 0 Å². The molecule has 2 amide bonds. The Bertz CT molecular complexity index is 1130. The quantitative estimate of drug-likeness (QED) is 0.599. The highest BCUT2D eigenvalue weighted by molar-refractivity contribution is 6.04. The van der Waals surface area contributed by atoms with Crippen LogP contribution in [-0.4, -0.2) is 28.9 Å². The Labute approximate surface area is 193 Å². The topological polar surface area (TPSA) is 114 Å². The highest BCUT2D eigenvalue weighted by Crippen LogP contribution is 2.44. The smallest absolute Gasteiger partial charge is 0.270 e. The number of amides is 2. The number of nitrogens with two attached hydrogens (primary N) is 2. The van der Waals surface area contributed by atoms with Crippen molar-refractivity contribution in [2.45, 2.75) is 51.6 Å². The second-order valence-corrected chi connectivity index (χ2v) is 8.95. The van der Waals surface area contributed by atoms with Crippen LogP contribution in [-0.2, 0) is 11.3 Å². The molecule has 7 nitrogen and oxygen atoms in total. The maximum absolute atomic E-state index is 14.1. The molecule has 0 spiro atoms. The van der Waals surface area contributed by atoms with Crippen molar-refractivity contribution in [1.29, 1.82) is 0 Å². The summed E-state index contributed by atoms with van der Waals surface area (Å²) in [5, 5.41) is 2.80. The van der Waals surface area contributed by atoms with Gasteiger partial charge in [-0.3, -0.25) is 9.59 Å². The van der Waals surface area contributed by atoms with E-state index in [-0.39, 0.29) is 24.1 Å². The molecule has 1 saturated heterocycles. The summed E-state index contributed by atoms with van der Waals surface area (Å²) in [5.41, 5.74) is 14.8. The molecular formula is C25H30FN5O2. The van der Waals surface area contributed by atoms with Gasteiger partial charge in [0.25, 0.3) is 5.91 Å². The minimum Gasteiger partial charge on any atom is -0.404 e.